The van der Waals surface area contributed by atoms with E-state index in [1.54, 1.807) is 32.6 Å². The molecule has 0 spiro atoms. The Hall–Kier alpha value is -2.05. The molecule has 0 saturated carbocycles. The smallest absolute Gasteiger partial charge is 0.332 e. The lowest BCUT2D eigenvalue weighted by Gasteiger charge is -2.05. The maximum absolute atomic E-state index is 12.1. The van der Waals surface area contributed by atoms with Gasteiger partial charge in [-0.05, 0) is 6.92 Å². The van der Waals surface area contributed by atoms with Crippen LogP contribution < -0.4 is 16.6 Å². The van der Waals surface area contributed by atoms with Gasteiger partial charge in [-0.3, -0.25) is 13.9 Å². The Bertz CT molecular complexity index is 691. The van der Waals surface area contributed by atoms with Crippen molar-refractivity contribution in [3.63, 3.8) is 0 Å². The van der Waals surface area contributed by atoms with E-state index in [0.717, 1.165) is 0 Å². The largest absolute Gasteiger partial charge is 0.359 e. The number of hydrogen-bond acceptors (Lipinski definition) is 4. The molecular weight excluding hydrogens is 222 g/mol. The number of aromatic nitrogens is 4. The molecule has 92 valence electrons. The predicted octanol–water partition coefficient (Wildman–Crippen LogP) is -0.505. The van der Waals surface area contributed by atoms with E-state index >= 15 is 0 Å². The van der Waals surface area contributed by atoms with Crippen LogP contribution in [0.15, 0.2) is 9.59 Å². The minimum atomic E-state index is -0.342. The average Bonchev–Trinajstić information content (AvgIpc) is 2.64. The van der Waals surface area contributed by atoms with Gasteiger partial charge in [0.1, 0.15) is 0 Å². The summed E-state index contributed by atoms with van der Waals surface area (Å²) in [5.74, 6) is 0.556. The molecule has 0 aliphatic carbocycles. The molecule has 0 amide bonds. The fourth-order valence-electron chi connectivity index (χ4n) is 1.95. The van der Waals surface area contributed by atoms with E-state index < -0.39 is 0 Å². The van der Waals surface area contributed by atoms with Crippen LogP contribution in [-0.4, -0.2) is 25.7 Å². The van der Waals surface area contributed by atoms with Crippen molar-refractivity contribution >= 4 is 17.1 Å². The first-order valence-electron chi connectivity index (χ1n) is 5.36. The second-order valence-electron chi connectivity index (χ2n) is 3.81. The summed E-state index contributed by atoms with van der Waals surface area (Å²) in [6.07, 6.45) is 0. The quantitative estimate of drug-likeness (QED) is 0.764. The Kier molecular flexibility index (Phi) is 2.53. The van der Waals surface area contributed by atoms with Crippen molar-refractivity contribution in [3.05, 3.63) is 20.8 Å². The topological polar surface area (TPSA) is 73.8 Å². The molecule has 0 aromatic carbocycles. The van der Waals surface area contributed by atoms with Crippen LogP contribution in [0.25, 0.3) is 11.2 Å². The van der Waals surface area contributed by atoms with Crippen molar-refractivity contribution in [1.29, 1.82) is 0 Å². The Morgan fingerprint density at radius 1 is 1.24 bits per heavy atom. The fourth-order valence-corrected chi connectivity index (χ4v) is 1.95. The molecule has 0 saturated heterocycles. The molecule has 2 rings (SSSR count). The van der Waals surface area contributed by atoms with Gasteiger partial charge in [-0.2, -0.15) is 4.98 Å². The monoisotopic (exact) mass is 237 g/mol. The van der Waals surface area contributed by atoms with Crippen molar-refractivity contribution in [2.75, 3.05) is 12.4 Å². The normalized spacial score (nSPS) is 11.1. The minimum absolute atomic E-state index is 0.304. The van der Waals surface area contributed by atoms with Crippen LogP contribution in [0.1, 0.15) is 6.92 Å². The molecule has 17 heavy (non-hydrogen) atoms. The third-order valence-corrected chi connectivity index (χ3v) is 2.90. The molecule has 0 bridgehead atoms. The van der Waals surface area contributed by atoms with Crippen LogP contribution in [0.2, 0.25) is 0 Å². The molecule has 0 fully saturated rings. The van der Waals surface area contributed by atoms with E-state index in [1.165, 1.54) is 9.13 Å². The Morgan fingerprint density at radius 3 is 2.41 bits per heavy atom. The molecule has 2 aromatic rings. The number of fused-ring (bicyclic) bond motifs is 1. The maximum Gasteiger partial charge on any atom is 0.332 e. The van der Waals surface area contributed by atoms with Gasteiger partial charge in [-0.1, -0.05) is 0 Å². The second kappa shape index (κ2) is 3.76. The first-order chi connectivity index (χ1) is 8.02. The van der Waals surface area contributed by atoms with Crippen molar-refractivity contribution < 1.29 is 0 Å². The van der Waals surface area contributed by atoms with Crippen molar-refractivity contribution in [3.8, 4) is 0 Å². The van der Waals surface area contributed by atoms with E-state index in [-0.39, 0.29) is 11.2 Å². The highest BCUT2D eigenvalue weighted by Gasteiger charge is 2.16. The third-order valence-electron chi connectivity index (χ3n) is 2.90. The number of anilines is 1. The molecule has 7 heteroatoms. The molecule has 2 heterocycles. The van der Waals surface area contributed by atoms with Gasteiger partial charge < -0.3 is 9.88 Å². The summed E-state index contributed by atoms with van der Waals surface area (Å²) in [7, 11) is 5.08. The Morgan fingerprint density at radius 2 is 1.88 bits per heavy atom. The van der Waals surface area contributed by atoms with E-state index in [0.29, 0.717) is 23.7 Å². The molecule has 0 radical (unpaired) electrons. The highest BCUT2D eigenvalue weighted by atomic mass is 16.2. The number of nitrogens with one attached hydrogen (secondary N) is 1. The Labute approximate surface area is 97.3 Å². The van der Waals surface area contributed by atoms with E-state index in [2.05, 4.69) is 10.3 Å². The summed E-state index contributed by atoms with van der Waals surface area (Å²) in [5.41, 5.74) is 0.183. The van der Waals surface area contributed by atoms with Crippen LogP contribution in [0, 0.1) is 0 Å². The van der Waals surface area contributed by atoms with Gasteiger partial charge in [-0.25, -0.2) is 4.79 Å². The van der Waals surface area contributed by atoms with E-state index in [1.807, 2.05) is 0 Å². The first kappa shape index (κ1) is 11.4. The summed E-state index contributed by atoms with van der Waals surface area (Å²) in [6, 6.07) is 0. The van der Waals surface area contributed by atoms with Gasteiger partial charge in [0.05, 0.1) is 0 Å². The van der Waals surface area contributed by atoms with E-state index in [9.17, 15) is 9.59 Å². The lowest BCUT2D eigenvalue weighted by Crippen LogP contribution is -2.39. The van der Waals surface area contributed by atoms with Gasteiger partial charge in [0.15, 0.2) is 11.2 Å². The van der Waals surface area contributed by atoms with Crippen molar-refractivity contribution in [2.24, 2.45) is 14.1 Å². The lowest BCUT2D eigenvalue weighted by atomic mass is 10.5. The zero-order valence-electron chi connectivity index (χ0n) is 10.3. The van der Waals surface area contributed by atoms with Crippen LogP contribution in [0.3, 0.4) is 0 Å². The zero-order chi connectivity index (χ0) is 12.7. The van der Waals surface area contributed by atoms with Gasteiger partial charge in [0, 0.05) is 27.7 Å². The fraction of sp³-hybridized carbons (Fsp3) is 0.500. The minimum Gasteiger partial charge on any atom is -0.359 e. The average molecular weight is 237 g/mol. The third kappa shape index (κ3) is 1.38. The van der Waals surface area contributed by atoms with Crippen LogP contribution >= 0.6 is 0 Å². The molecule has 0 aliphatic heterocycles. The molecule has 7 nitrogen and oxygen atoms in total. The Balaban J connectivity index is 3.08. The summed E-state index contributed by atoms with van der Waals surface area (Å²) < 4.78 is 4.24. The second-order valence-corrected chi connectivity index (χ2v) is 3.81. The van der Waals surface area contributed by atoms with Gasteiger partial charge in [0.25, 0.3) is 5.56 Å². The number of hydrogen-bond donors (Lipinski definition) is 1. The summed E-state index contributed by atoms with van der Waals surface area (Å²) in [6.45, 7) is 2.12. The molecule has 1 N–H and O–H groups in total. The molecular formula is C10H15N5O2. The van der Waals surface area contributed by atoms with Crippen molar-refractivity contribution in [1.82, 2.24) is 18.7 Å². The molecule has 2 aromatic heterocycles. The van der Waals surface area contributed by atoms with Gasteiger partial charge >= 0.3 is 5.69 Å². The van der Waals surface area contributed by atoms with Gasteiger partial charge in [-0.15, -0.1) is 0 Å². The summed E-state index contributed by atoms with van der Waals surface area (Å²) >= 11 is 0. The standard InChI is InChI=1S/C10H15N5O2/c1-5-15-8(16)6-7(14(4)10(15)17)12-9(11-2)13(6)3/h5H2,1-4H3,(H,11,12). The zero-order valence-corrected chi connectivity index (χ0v) is 10.3. The summed E-state index contributed by atoms with van der Waals surface area (Å²) in [4.78, 5) is 28.3. The number of rotatable bonds is 2. The number of imidazole rings is 1. The molecule has 0 unspecified atom stereocenters. The van der Waals surface area contributed by atoms with Crippen LogP contribution in [0.4, 0.5) is 5.95 Å². The van der Waals surface area contributed by atoms with Crippen LogP contribution in [0.5, 0.6) is 0 Å². The number of nitrogens with zero attached hydrogens (tertiary/aromatic N) is 4. The summed E-state index contributed by atoms with van der Waals surface area (Å²) in [5, 5.41) is 2.88. The lowest BCUT2D eigenvalue weighted by molar-refractivity contribution is 0.635. The van der Waals surface area contributed by atoms with E-state index in [4.69, 9.17) is 0 Å². The highest BCUT2D eigenvalue weighted by Crippen LogP contribution is 2.12. The molecule has 0 atom stereocenters. The van der Waals surface area contributed by atoms with Gasteiger partial charge in [0.2, 0.25) is 5.95 Å². The first-order valence-corrected chi connectivity index (χ1v) is 5.36. The highest BCUT2D eigenvalue weighted by molar-refractivity contribution is 5.73. The SMILES string of the molecule is CCn1c(=O)c2c(nc(NC)n2C)n(C)c1=O. The maximum atomic E-state index is 12.1. The van der Waals surface area contributed by atoms with Crippen LogP contribution in [-0.2, 0) is 20.6 Å². The molecule has 0 aliphatic rings. The predicted molar refractivity (Wildman–Crippen MR) is 65.4 cm³/mol. The number of aryl methyl sites for hydroxylation is 2. The van der Waals surface area contributed by atoms with Crippen molar-refractivity contribution in [2.45, 2.75) is 13.5 Å².